The molecule has 16 heavy (non-hydrogen) atoms. The zero-order valence-electron chi connectivity index (χ0n) is 8.33. The molecule has 2 heterocycles. The number of hydrogen-bond acceptors (Lipinski definition) is 4. The molecule has 7 heteroatoms. The first kappa shape index (κ1) is 11.1. The SMILES string of the molecule is Cc1ccnc(-n2cc(S(=O)(=O)Cl)cn2)c1. The summed E-state index contributed by atoms with van der Waals surface area (Å²) in [5.74, 6) is 0.548. The Morgan fingerprint density at radius 1 is 1.44 bits per heavy atom. The monoisotopic (exact) mass is 257 g/mol. The van der Waals surface area contributed by atoms with Gasteiger partial charge < -0.3 is 0 Å². The average molecular weight is 258 g/mol. The van der Waals surface area contributed by atoms with Gasteiger partial charge in [-0.15, -0.1) is 0 Å². The van der Waals surface area contributed by atoms with Crippen LogP contribution in [0.25, 0.3) is 5.82 Å². The van der Waals surface area contributed by atoms with E-state index in [1.54, 1.807) is 12.3 Å². The van der Waals surface area contributed by atoms with E-state index in [4.69, 9.17) is 10.7 Å². The number of aromatic nitrogens is 3. The lowest BCUT2D eigenvalue weighted by Gasteiger charge is -1.99. The molecule has 0 bridgehead atoms. The summed E-state index contributed by atoms with van der Waals surface area (Å²) in [6, 6.07) is 3.63. The number of nitrogens with zero attached hydrogens (tertiary/aromatic N) is 3. The Bertz CT molecular complexity index is 621. The molecule has 0 amide bonds. The van der Waals surface area contributed by atoms with Crippen molar-refractivity contribution in [3.8, 4) is 5.82 Å². The van der Waals surface area contributed by atoms with Crippen LogP contribution in [0, 0.1) is 6.92 Å². The second-order valence-corrected chi connectivity index (χ2v) is 5.82. The predicted octanol–water partition coefficient (Wildman–Crippen LogP) is 1.50. The first-order valence-corrected chi connectivity index (χ1v) is 6.70. The van der Waals surface area contributed by atoms with Crippen molar-refractivity contribution in [2.45, 2.75) is 11.8 Å². The average Bonchev–Trinajstić information content (AvgIpc) is 2.65. The Morgan fingerprint density at radius 3 is 2.75 bits per heavy atom. The lowest BCUT2D eigenvalue weighted by molar-refractivity contribution is 0.609. The molecule has 0 N–H and O–H groups in total. The first-order valence-electron chi connectivity index (χ1n) is 4.39. The molecule has 0 radical (unpaired) electrons. The molecule has 0 saturated carbocycles. The number of aryl methyl sites for hydroxylation is 1. The normalized spacial score (nSPS) is 11.6. The Kier molecular flexibility index (Phi) is 2.69. The highest BCUT2D eigenvalue weighted by molar-refractivity contribution is 8.13. The summed E-state index contributed by atoms with van der Waals surface area (Å²) in [5.41, 5.74) is 1.01. The largest absolute Gasteiger partial charge is 0.264 e. The third kappa shape index (κ3) is 2.23. The maximum Gasteiger partial charge on any atom is 0.264 e. The van der Waals surface area contributed by atoms with Crippen LogP contribution in [-0.4, -0.2) is 23.2 Å². The highest BCUT2D eigenvalue weighted by Gasteiger charge is 2.13. The zero-order valence-corrected chi connectivity index (χ0v) is 9.90. The quantitative estimate of drug-likeness (QED) is 0.765. The minimum absolute atomic E-state index is 0.0440. The van der Waals surface area contributed by atoms with Gasteiger partial charge in [-0.3, -0.25) is 0 Å². The molecule has 0 aliphatic heterocycles. The number of hydrogen-bond donors (Lipinski definition) is 0. The van der Waals surface area contributed by atoms with Crippen molar-refractivity contribution in [3.05, 3.63) is 36.3 Å². The Labute approximate surface area is 97.1 Å². The lowest BCUT2D eigenvalue weighted by atomic mass is 10.3. The fourth-order valence-corrected chi connectivity index (χ4v) is 1.84. The number of halogens is 1. The molecule has 2 aromatic rings. The number of pyridine rings is 1. The molecular weight excluding hydrogens is 250 g/mol. The van der Waals surface area contributed by atoms with Crippen LogP contribution in [0.5, 0.6) is 0 Å². The van der Waals surface area contributed by atoms with Crippen LogP contribution in [-0.2, 0) is 9.05 Å². The van der Waals surface area contributed by atoms with Gasteiger partial charge in [0.25, 0.3) is 9.05 Å². The topological polar surface area (TPSA) is 64.8 Å². The van der Waals surface area contributed by atoms with E-state index in [1.807, 2.05) is 13.0 Å². The summed E-state index contributed by atoms with van der Waals surface area (Å²) in [6.45, 7) is 1.91. The predicted molar refractivity (Wildman–Crippen MR) is 59.1 cm³/mol. The van der Waals surface area contributed by atoms with Crippen molar-refractivity contribution in [2.24, 2.45) is 0 Å². The van der Waals surface area contributed by atoms with Crippen molar-refractivity contribution in [3.63, 3.8) is 0 Å². The summed E-state index contributed by atoms with van der Waals surface area (Å²) < 4.78 is 23.4. The highest BCUT2D eigenvalue weighted by atomic mass is 35.7. The minimum Gasteiger partial charge on any atom is -0.237 e. The smallest absolute Gasteiger partial charge is 0.237 e. The summed E-state index contributed by atoms with van der Waals surface area (Å²) >= 11 is 0. The van der Waals surface area contributed by atoms with E-state index < -0.39 is 9.05 Å². The van der Waals surface area contributed by atoms with Gasteiger partial charge in [0, 0.05) is 16.9 Å². The van der Waals surface area contributed by atoms with E-state index in [0.717, 1.165) is 5.56 Å². The molecule has 2 aromatic heterocycles. The summed E-state index contributed by atoms with van der Waals surface area (Å²) in [4.78, 5) is 4.02. The Morgan fingerprint density at radius 2 is 2.19 bits per heavy atom. The number of rotatable bonds is 2. The van der Waals surface area contributed by atoms with Crippen LogP contribution in [0.15, 0.2) is 35.6 Å². The van der Waals surface area contributed by atoms with Crippen molar-refractivity contribution >= 4 is 19.7 Å². The van der Waals surface area contributed by atoms with Crippen molar-refractivity contribution in [1.82, 2.24) is 14.8 Å². The van der Waals surface area contributed by atoms with Crippen LogP contribution < -0.4 is 0 Å². The van der Waals surface area contributed by atoms with E-state index in [9.17, 15) is 8.42 Å². The van der Waals surface area contributed by atoms with Gasteiger partial charge in [0.05, 0.1) is 12.4 Å². The van der Waals surface area contributed by atoms with Gasteiger partial charge in [0.2, 0.25) is 0 Å². The molecule has 0 aliphatic rings. The van der Waals surface area contributed by atoms with Crippen LogP contribution in [0.1, 0.15) is 5.56 Å². The molecule has 84 valence electrons. The molecule has 0 fully saturated rings. The standard InChI is InChI=1S/C9H8ClN3O2S/c1-7-2-3-11-9(4-7)13-6-8(5-12-13)16(10,14)15/h2-6H,1H3. The molecule has 2 rings (SSSR count). The molecular formula is C9H8ClN3O2S. The Hall–Kier alpha value is -1.40. The third-order valence-corrected chi connectivity index (χ3v) is 3.28. The van der Waals surface area contributed by atoms with Gasteiger partial charge in [0.1, 0.15) is 4.90 Å². The van der Waals surface area contributed by atoms with Gasteiger partial charge in [0.15, 0.2) is 5.82 Å². The van der Waals surface area contributed by atoms with Gasteiger partial charge >= 0.3 is 0 Å². The maximum atomic E-state index is 11.0. The van der Waals surface area contributed by atoms with E-state index >= 15 is 0 Å². The van der Waals surface area contributed by atoms with Crippen molar-refractivity contribution in [1.29, 1.82) is 0 Å². The molecule has 5 nitrogen and oxygen atoms in total. The highest BCUT2D eigenvalue weighted by Crippen LogP contribution is 2.15. The van der Waals surface area contributed by atoms with Crippen molar-refractivity contribution in [2.75, 3.05) is 0 Å². The summed E-state index contributed by atoms with van der Waals surface area (Å²) in [6.07, 6.45) is 4.14. The summed E-state index contributed by atoms with van der Waals surface area (Å²) in [7, 11) is 1.45. The lowest BCUT2D eigenvalue weighted by Crippen LogP contribution is -1.97. The molecule has 0 atom stereocenters. The second kappa shape index (κ2) is 3.88. The summed E-state index contributed by atoms with van der Waals surface area (Å²) in [5, 5.41) is 3.88. The van der Waals surface area contributed by atoms with Crippen LogP contribution in [0.2, 0.25) is 0 Å². The van der Waals surface area contributed by atoms with E-state index in [-0.39, 0.29) is 4.90 Å². The molecule has 0 saturated heterocycles. The van der Waals surface area contributed by atoms with Gasteiger partial charge in [-0.25, -0.2) is 18.1 Å². The Balaban J connectivity index is 2.47. The second-order valence-electron chi connectivity index (χ2n) is 3.25. The fourth-order valence-electron chi connectivity index (χ4n) is 1.20. The zero-order chi connectivity index (χ0) is 11.8. The van der Waals surface area contributed by atoms with E-state index in [1.165, 1.54) is 17.1 Å². The van der Waals surface area contributed by atoms with Gasteiger partial charge in [-0.05, 0) is 24.6 Å². The van der Waals surface area contributed by atoms with Crippen LogP contribution in [0.3, 0.4) is 0 Å². The van der Waals surface area contributed by atoms with E-state index in [0.29, 0.717) is 5.82 Å². The van der Waals surface area contributed by atoms with E-state index in [2.05, 4.69) is 10.1 Å². The fraction of sp³-hybridized carbons (Fsp3) is 0.111. The van der Waals surface area contributed by atoms with Crippen molar-refractivity contribution < 1.29 is 8.42 Å². The van der Waals surface area contributed by atoms with Crippen LogP contribution in [0.4, 0.5) is 0 Å². The molecule has 0 spiro atoms. The van der Waals surface area contributed by atoms with Gasteiger partial charge in [-0.1, -0.05) is 0 Å². The van der Waals surface area contributed by atoms with Gasteiger partial charge in [-0.2, -0.15) is 5.10 Å². The molecule has 0 aliphatic carbocycles. The maximum absolute atomic E-state index is 11.0. The first-order chi connectivity index (χ1) is 7.47. The minimum atomic E-state index is -3.74. The molecule has 0 unspecified atom stereocenters. The molecule has 0 aromatic carbocycles. The third-order valence-electron chi connectivity index (χ3n) is 1.98. The van der Waals surface area contributed by atoms with Crippen LogP contribution >= 0.6 is 10.7 Å².